The van der Waals surface area contributed by atoms with Gasteiger partial charge in [-0.15, -0.1) is 0 Å². The Morgan fingerprint density at radius 2 is 2.06 bits per heavy atom. The van der Waals surface area contributed by atoms with Gasteiger partial charge in [0, 0.05) is 11.2 Å². The van der Waals surface area contributed by atoms with E-state index in [2.05, 4.69) is 4.98 Å². The molecule has 3 rings (SSSR count). The van der Waals surface area contributed by atoms with E-state index < -0.39 is 0 Å². The summed E-state index contributed by atoms with van der Waals surface area (Å²) in [6.45, 7) is 0. The van der Waals surface area contributed by atoms with E-state index >= 15 is 0 Å². The molecule has 2 atom stereocenters. The third kappa shape index (κ3) is 1.59. The van der Waals surface area contributed by atoms with Crippen molar-refractivity contribution >= 4 is 17.5 Å². The van der Waals surface area contributed by atoms with Crippen LogP contribution in [0.4, 0.5) is 0 Å². The lowest BCUT2D eigenvalue weighted by atomic mass is 10.0. The molecule has 0 aromatic carbocycles. The highest BCUT2D eigenvalue weighted by molar-refractivity contribution is 6.30. The highest BCUT2D eigenvalue weighted by Crippen LogP contribution is 2.41. The van der Waals surface area contributed by atoms with Crippen molar-refractivity contribution in [2.75, 3.05) is 0 Å². The minimum absolute atomic E-state index is 0.0411. The third-order valence-corrected chi connectivity index (χ3v) is 3.73. The molecule has 1 saturated heterocycles. The number of hydrogen-bond donors (Lipinski definition) is 0. The monoisotopic (exact) mass is 236 g/mol. The van der Waals surface area contributed by atoms with Gasteiger partial charge in [-0.05, 0) is 25.0 Å². The van der Waals surface area contributed by atoms with E-state index in [-0.39, 0.29) is 5.91 Å². The number of fused-ring (bicyclic) bond motifs is 1. The van der Waals surface area contributed by atoms with E-state index in [1.165, 1.54) is 12.8 Å². The number of carbonyl (C=O) groups is 1. The normalized spacial score (nSPS) is 27.4. The molecule has 1 aromatic rings. The summed E-state index contributed by atoms with van der Waals surface area (Å²) in [4.78, 5) is 18.2. The number of carbonyl (C=O) groups excluding carboxylic acids is 1. The molecule has 2 aliphatic rings. The Hall–Kier alpha value is -1.09. The van der Waals surface area contributed by atoms with Crippen LogP contribution in [0.3, 0.4) is 0 Å². The lowest BCUT2D eigenvalue weighted by Gasteiger charge is -2.02. The van der Waals surface area contributed by atoms with E-state index in [1.54, 1.807) is 18.3 Å². The molecular weight excluding hydrogens is 224 g/mol. The van der Waals surface area contributed by atoms with Crippen LogP contribution in [0.1, 0.15) is 36.2 Å². The molecule has 1 aromatic heterocycles. The van der Waals surface area contributed by atoms with E-state index in [4.69, 9.17) is 11.6 Å². The van der Waals surface area contributed by atoms with Crippen LogP contribution in [0.25, 0.3) is 0 Å². The first-order valence-corrected chi connectivity index (χ1v) is 6.09. The van der Waals surface area contributed by atoms with Crippen LogP contribution in [-0.4, -0.2) is 27.9 Å². The highest BCUT2D eigenvalue weighted by atomic mass is 35.5. The minimum atomic E-state index is 0.0411. The van der Waals surface area contributed by atoms with Gasteiger partial charge >= 0.3 is 0 Å². The Kier molecular flexibility index (Phi) is 2.36. The highest BCUT2D eigenvalue weighted by Gasteiger charge is 2.51. The number of aromatic nitrogens is 1. The van der Waals surface area contributed by atoms with Crippen LogP contribution in [0.2, 0.25) is 5.02 Å². The molecule has 84 valence electrons. The summed E-state index contributed by atoms with van der Waals surface area (Å²) in [5, 5.41) is 0.572. The number of pyridine rings is 1. The van der Waals surface area contributed by atoms with E-state index in [0.29, 0.717) is 22.8 Å². The van der Waals surface area contributed by atoms with Crippen molar-refractivity contribution in [3.8, 4) is 0 Å². The Balaban J connectivity index is 1.79. The summed E-state index contributed by atoms with van der Waals surface area (Å²) < 4.78 is 0. The van der Waals surface area contributed by atoms with Gasteiger partial charge < -0.3 is 4.90 Å². The summed E-state index contributed by atoms with van der Waals surface area (Å²) in [5.41, 5.74) is 0.474. The molecule has 1 saturated carbocycles. The maximum absolute atomic E-state index is 12.1. The van der Waals surface area contributed by atoms with Crippen LogP contribution in [0.15, 0.2) is 18.3 Å². The Morgan fingerprint density at radius 1 is 1.38 bits per heavy atom. The van der Waals surface area contributed by atoms with Crippen molar-refractivity contribution in [2.45, 2.75) is 37.8 Å². The zero-order valence-corrected chi connectivity index (χ0v) is 9.65. The molecule has 0 radical (unpaired) electrons. The van der Waals surface area contributed by atoms with Crippen molar-refractivity contribution in [3.05, 3.63) is 29.0 Å². The smallest absolute Gasteiger partial charge is 0.273 e. The van der Waals surface area contributed by atoms with E-state index in [9.17, 15) is 4.79 Å². The molecule has 16 heavy (non-hydrogen) atoms. The van der Waals surface area contributed by atoms with Crippen LogP contribution < -0.4 is 0 Å². The molecule has 0 bridgehead atoms. The number of likely N-dealkylation sites (tertiary alicyclic amines) is 1. The molecule has 0 spiro atoms. The average Bonchev–Trinajstić information content (AvgIpc) is 3.02. The Labute approximate surface area is 99.4 Å². The van der Waals surface area contributed by atoms with Crippen LogP contribution in [-0.2, 0) is 0 Å². The Bertz CT molecular complexity index is 423. The predicted octanol–water partition coefficient (Wildman–Crippen LogP) is 2.50. The lowest BCUT2D eigenvalue weighted by molar-refractivity contribution is 0.0859. The van der Waals surface area contributed by atoms with Crippen molar-refractivity contribution in [3.63, 3.8) is 0 Å². The standard InChI is InChI=1S/C12H13ClN2O/c13-8-5-6-14-9(7-8)12(16)15-10-3-1-2-4-11(10)15/h5-7,10-11H,1-4H2. The zero-order chi connectivity index (χ0) is 11.1. The van der Waals surface area contributed by atoms with Crippen molar-refractivity contribution in [2.24, 2.45) is 0 Å². The maximum Gasteiger partial charge on any atom is 0.273 e. The fourth-order valence-corrected chi connectivity index (χ4v) is 2.82. The summed E-state index contributed by atoms with van der Waals surface area (Å²) in [7, 11) is 0. The summed E-state index contributed by atoms with van der Waals surface area (Å²) in [5.74, 6) is 0.0411. The molecule has 2 heterocycles. The third-order valence-electron chi connectivity index (χ3n) is 3.49. The first-order valence-electron chi connectivity index (χ1n) is 5.71. The topological polar surface area (TPSA) is 33.0 Å². The van der Waals surface area contributed by atoms with Gasteiger partial charge in [0.25, 0.3) is 5.91 Å². The van der Waals surface area contributed by atoms with Crippen molar-refractivity contribution < 1.29 is 4.79 Å². The maximum atomic E-state index is 12.1. The van der Waals surface area contributed by atoms with Gasteiger partial charge in [-0.3, -0.25) is 9.78 Å². The van der Waals surface area contributed by atoms with Crippen LogP contribution in [0.5, 0.6) is 0 Å². The second-order valence-corrected chi connectivity index (χ2v) is 4.93. The quantitative estimate of drug-likeness (QED) is 0.702. The van der Waals surface area contributed by atoms with Crippen molar-refractivity contribution in [1.82, 2.24) is 9.88 Å². The molecule has 4 heteroatoms. The molecule has 1 aliphatic heterocycles. The molecule has 3 nitrogen and oxygen atoms in total. The van der Waals surface area contributed by atoms with Gasteiger partial charge in [0.1, 0.15) is 5.69 Å². The van der Waals surface area contributed by atoms with E-state index in [0.717, 1.165) is 12.8 Å². The predicted molar refractivity (Wildman–Crippen MR) is 61.5 cm³/mol. The number of hydrogen-bond acceptors (Lipinski definition) is 2. The van der Waals surface area contributed by atoms with Gasteiger partial charge in [0.2, 0.25) is 0 Å². The largest absolute Gasteiger partial charge is 0.327 e. The summed E-state index contributed by atoms with van der Waals surface area (Å²) >= 11 is 5.86. The van der Waals surface area contributed by atoms with Gasteiger partial charge in [0.05, 0.1) is 12.1 Å². The molecule has 2 unspecified atom stereocenters. The fraction of sp³-hybridized carbons (Fsp3) is 0.500. The zero-order valence-electron chi connectivity index (χ0n) is 8.90. The van der Waals surface area contributed by atoms with Gasteiger partial charge in [-0.25, -0.2) is 0 Å². The molecule has 2 fully saturated rings. The molecular formula is C12H13ClN2O. The fourth-order valence-electron chi connectivity index (χ4n) is 2.66. The van der Waals surface area contributed by atoms with Crippen molar-refractivity contribution in [1.29, 1.82) is 0 Å². The Morgan fingerprint density at radius 3 is 2.69 bits per heavy atom. The molecule has 0 N–H and O–H groups in total. The minimum Gasteiger partial charge on any atom is -0.327 e. The molecule has 1 aliphatic carbocycles. The number of nitrogens with zero attached hydrogens (tertiary/aromatic N) is 2. The van der Waals surface area contributed by atoms with Crippen LogP contribution in [0, 0.1) is 0 Å². The second-order valence-electron chi connectivity index (χ2n) is 4.49. The average molecular weight is 237 g/mol. The summed E-state index contributed by atoms with van der Waals surface area (Å²) in [6, 6.07) is 4.28. The summed E-state index contributed by atoms with van der Waals surface area (Å²) in [6.07, 6.45) is 6.37. The van der Waals surface area contributed by atoms with Gasteiger partial charge in [-0.2, -0.15) is 0 Å². The number of amides is 1. The molecule has 1 amide bonds. The number of rotatable bonds is 1. The van der Waals surface area contributed by atoms with E-state index in [1.807, 2.05) is 4.90 Å². The number of halogens is 1. The van der Waals surface area contributed by atoms with Gasteiger partial charge in [-0.1, -0.05) is 24.4 Å². The first kappa shape index (κ1) is 10.1. The first-order chi connectivity index (χ1) is 7.77. The van der Waals surface area contributed by atoms with Crippen LogP contribution >= 0.6 is 11.6 Å². The lowest BCUT2D eigenvalue weighted by Crippen LogP contribution is -2.16. The van der Waals surface area contributed by atoms with Gasteiger partial charge in [0.15, 0.2) is 0 Å². The SMILES string of the molecule is O=C(c1cc(Cl)ccn1)N1C2CCCCC21. The second kappa shape index (κ2) is 3.74.